The molecule has 5 aliphatic rings. The first-order valence-electron chi connectivity index (χ1n) is 41.5. The van der Waals surface area contributed by atoms with Crippen LogP contribution in [-0.2, 0) is 62.7 Å². The first-order valence-corrected chi connectivity index (χ1v) is 41.5. The van der Waals surface area contributed by atoms with Crippen LogP contribution in [0.1, 0.15) is 99.4 Å². The van der Waals surface area contributed by atoms with Crippen LogP contribution >= 0.6 is 0 Å². The third kappa shape index (κ3) is 25.9. The number of rotatable bonds is 26. The number of benzene rings is 10. The lowest BCUT2D eigenvalue weighted by molar-refractivity contribution is -0.138. The number of methoxy groups -OCH3 is 1. The van der Waals surface area contributed by atoms with Crippen molar-refractivity contribution in [3.8, 4) is 28.7 Å². The number of nitrogens with one attached hydrogen (secondary N) is 9. The lowest BCUT2D eigenvalue weighted by Crippen LogP contribution is -2.47. The molecule has 0 radical (unpaired) electrons. The summed E-state index contributed by atoms with van der Waals surface area (Å²) in [6, 6.07) is 72.0. The Balaban J connectivity index is 0.000000154. The minimum Gasteiger partial charge on any atom is -0.497 e. The number of nitrogens with two attached hydrogens (primary N) is 5. The number of carbonyl (C=O) groups excluding carboxylic acids is 5. The predicted molar refractivity (Wildman–Crippen MR) is 482 cm³/mol. The Labute approximate surface area is 734 Å². The Morgan fingerprint density at radius 2 is 0.890 bits per heavy atom. The summed E-state index contributed by atoms with van der Waals surface area (Å²) in [5, 5.41) is 49.4. The number of ether oxygens (including phenoxy) is 5. The van der Waals surface area contributed by atoms with Gasteiger partial charge in [0.15, 0.2) is 0 Å². The van der Waals surface area contributed by atoms with Gasteiger partial charge in [-0.25, -0.2) is 0 Å². The molecule has 127 heavy (non-hydrogen) atoms. The van der Waals surface area contributed by atoms with E-state index in [0.717, 1.165) is 42.0 Å². The molecule has 5 amide bonds. The Morgan fingerprint density at radius 1 is 0.449 bits per heavy atom. The van der Waals surface area contributed by atoms with E-state index in [2.05, 4.69) is 85.7 Å². The number of amidine groups is 5. The standard InChI is InChI=1S/C28H30N4O2.C27H30N6O2.C22H26N4O4.C19H19F3N4O2/c29-27(30)22-11-6-12-24(15-22)34-25-16-26(32(19-25)17-20-7-2-1-3-8-20)28(33)31-14-13-21-9-4-5-10-23(21)18-31;1-17-5-7-18(8-6-17)15-33-16-23(35-22-4-2-3-20(13-22)26(30)31)14-24(33)27(34)32-21-11-9-19(10-12-21)25(28)29;1-14(27)26-13-19(30-18-5-3-4-16(10-18)21(23)24)11-20(26)22(28)25-12-15-6-8-17(29-2)9-7-15;20-19(21,22)12-4-6-13(7-5-12)26-18(27)16-9-15(10-25-16)28-14-3-1-2-11(8-14)17(23)24/h1-12,15,25-26H,13-14,16-19H2,(H3,29,30);2-13,23-24H,14-16H2,1H3,(H3,28,29)(H3,30,31)(H,32,34);3-10,19-20H,11-13H2,1-2H3,(H3,23,24)(H,25,28);1-8,15-16,25H,9-10H2,(H3,23,24)(H,26,27)/t25-,26+;23-,24+;19-,20+;15?,16-/m1110/s1. The SMILES string of the molecule is COc1ccc(CNC(=O)[C@@H]2C[C@@H](Oc3cccc(C(=N)N)c3)CN2C(C)=O)cc1.Cc1ccc(CN2C[C@H](Oc3cccc(C(=N)N)c3)C[C@H]2C(=O)Nc2ccc(C(=N)N)cc2)cc1.N=C(N)c1cccc(OC2CN[C@H](C(=O)Nc3ccc(C(F)(F)F)cc3)C2)c1.N=C(N)c1cccc(O[C@@H]2C[C@@H](C(=O)N3CCc4ccccc4C3)N(Cc3ccccc3)C2)c1. The molecule has 660 valence electrons. The fraction of sp³-hybridized carbons (Fsp3) is 0.271. The van der Waals surface area contributed by atoms with E-state index >= 15 is 0 Å². The molecule has 31 heteroatoms. The van der Waals surface area contributed by atoms with Gasteiger partial charge in [-0.1, -0.05) is 145 Å². The number of nitrogen functional groups attached to an aromatic ring is 5. The summed E-state index contributed by atoms with van der Waals surface area (Å²) in [5.41, 5.74) is 37.9. The van der Waals surface area contributed by atoms with Gasteiger partial charge >= 0.3 is 6.18 Å². The maximum absolute atomic E-state index is 13.7. The number of alkyl halides is 3. The van der Waals surface area contributed by atoms with Crippen LogP contribution in [0, 0.1) is 34.0 Å². The molecule has 1 unspecified atom stereocenters. The fourth-order valence-corrected chi connectivity index (χ4v) is 15.6. The summed E-state index contributed by atoms with van der Waals surface area (Å²) in [6.45, 7) is 8.60. The molecule has 10 aromatic rings. The van der Waals surface area contributed by atoms with Crippen molar-refractivity contribution in [3.05, 3.63) is 315 Å². The van der Waals surface area contributed by atoms with E-state index in [4.69, 9.17) is 79.4 Å². The molecule has 10 aromatic carbocycles. The number of hydrogen-bond acceptors (Lipinski definition) is 18. The van der Waals surface area contributed by atoms with Gasteiger partial charge in [0.05, 0.1) is 37.3 Å². The monoisotopic (exact) mass is 1730 g/mol. The van der Waals surface area contributed by atoms with E-state index in [9.17, 15) is 37.1 Å². The summed E-state index contributed by atoms with van der Waals surface area (Å²) in [4.78, 5) is 72.1. The number of hydrogen-bond donors (Lipinski definition) is 14. The fourth-order valence-electron chi connectivity index (χ4n) is 15.6. The first kappa shape index (κ1) is 91.8. The Kier molecular flexibility index (Phi) is 30.9. The molecule has 4 fully saturated rings. The van der Waals surface area contributed by atoms with E-state index in [1.807, 2.05) is 78.6 Å². The van der Waals surface area contributed by atoms with Gasteiger partial charge in [-0.05, 0) is 150 Å². The quantitative estimate of drug-likeness (QED) is 0.0177. The van der Waals surface area contributed by atoms with Gasteiger partial charge in [0.2, 0.25) is 29.5 Å². The third-order valence-corrected chi connectivity index (χ3v) is 22.2. The van der Waals surface area contributed by atoms with Gasteiger partial charge in [-0.3, -0.25) is 60.8 Å². The summed E-state index contributed by atoms with van der Waals surface area (Å²) in [7, 11) is 1.60. The second-order valence-electron chi connectivity index (χ2n) is 31.6. The topological polar surface area (TPSA) is 442 Å². The van der Waals surface area contributed by atoms with Gasteiger partial charge in [0.1, 0.15) is 88.4 Å². The van der Waals surface area contributed by atoms with Gasteiger partial charge in [0, 0.05) is 124 Å². The average molecular weight is 1730 g/mol. The predicted octanol–water partition coefficient (Wildman–Crippen LogP) is 11.2. The molecule has 0 aromatic heterocycles. The van der Waals surface area contributed by atoms with E-state index in [-0.39, 0.29) is 95.2 Å². The van der Waals surface area contributed by atoms with Crippen LogP contribution in [0.25, 0.3) is 0 Å². The number of anilines is 2. The molecule has 0 bridgehead atoms. The number of fused-ring (bicyclic) bond motifs is 1. The minimum absolute atomic E-state index is 0.0148. The maximum Gasteiger partial charge on any atom is 0.416 e. The van der Waals surface area contributed by atoms with Gasteiger partial charge < -0.3 is 83.4 Å². The molecule has 5 heterocycles. The van der Waals surface area contributed by atoms with Crippen molar-refractivity contribution >= 4 is 70.1 Å². The molecule has 0 spiro atoms. The van der Waals surface area contributed by atoms with Crippen molar-refractivity contribution in [1.82, 2.24) is 30.2 Å². The molecule has 28 nitrogen and oxygen atoms in total. The second-order valence-corrected chi connectivity index (χ2v) is 31.6. The highest BCUT2D eigenvalue weighted by atomic mass is 19.4. The van der Waals surface area contributed by atoms with Crippen LogP contribution in [0.2, 0.25) is 0 Å². The molecule has 4 saturated heterocycles. The molecule has 8 atom stereocenters. The number of aryl methyl sites for hydroxylation is 1. The zero-order valence-electron chi connectivity index (χ0n) is 70.6. The molecule has 19 N–H and O–H groups in total. The summed E-state index contributed by atoms with van der Waals surface area (Å²) >= 11 is 0. The molecule has 0 saturated carbocycles. The summed E-state index contributed by atoms with van der Waals surface area (Å²) < 4.78 is 67.2. The van der Waals surface area contributed by atoms with E-state index < -0.39 is 23.8 Å². The third-order valence-electron chi connectivity index (χ3n) is 22.2. The zero-order valence-corrected chi connectivity index (χ0v) is 70.6. The van der Waals surface area contributed by atoms with Crippen LogP contribution in [0.5, 0.6) is 28.7 Å². The number of nitrogens with zero attached hydrogens (tertiary/aromatic N) is 4. The van der Waals surface area contributed by atoms with Crippen LogP contribution in [0.15, 0.2) is 249 Å². The number of halogens is 3. The van der Waals surface area contributed by atoms with Crippen LogP contribution < -0.4 is 73.6 Å². The van der Waals surface area contributed by atoms with Crippen LogP contribution in [-0.4, -0.2) is 167 Å². The molecule has 15 rings (SSSR count). The number of carbonyl (C=O) groups is 5. The molecule has 0 aliphatic carbocycles. The highest BCUT2D eigenvalue weighted by Gasteiger charge is 2.43. The van der Waals surface area contributed by atoms with Crippen molar-refractivity contribution in [2.45, 2.75) is 127 Å². The van der Waals surface area contributed by atoms with Crippen molar-refractivity contribution in [1.29, 1.82) is 27.0 Å². The highest BCUT2D eigenvalue weighted by Crippen LogP contribution is 2.34. The molecular formula is C96H105F3N18O10. The van der Waals surface area contributed by atoms with Gasteiger partial charge in [-0.15, -0.1) is 0 Å². The number of amides is 5. The van der Waals surface area contributed by atoms with Crippen molar-refractivity contribution < 1.29 is 60.8 Å². The summed E-state index contributed by atoms with van der Waals surface area (Å²) in [5.74, 6) is 2.33. The molecular weight excluding hydrogens is 1620 g/mol. The van der Waals surface area contributed by atoms with Gasteiger partial charge in [-0.2, -0.15) is 13.2 Å². The highest BCUT2D eigenvalue weighted by molar-refractivity contribution is 5.99. The molecule has 5 aliphatic heterocycles. The Bertz CT molecular complexity index is 5560. The second kappa shape index (κ2) is 42.8. The van der Waals surface area contributed by atoms with Crippen molar-refractivity contribution in [3.63, 3.8) is 0 Å². The van der Waals surface area contributed by atoms with Gasteiger partial charge in [0.25, 0.3) is 0 Å². The normalized spacial score (nSPS) is 18.7. The van der Waals surface area contributed by atoms with Crippen LogP contribution in [0.3, 0.4) is 0 Å². The first-order chi connectivity index (χ1) is 60.9. The van der Waals surface area contributed by atoms with Crippen molar-refractivity contribution in [2.24, 2.45) is 28.7 Å². The minimum atomic E-state index is -4.42. The lowest BCUT2D eigenvalue weighted by Gasteiger charge is -2.33. The maximum atomic E-state index is 13.7. The lowest BCUT2D eigenvalue weighted by atomic mass is 9.99. The summed E-state index contributed by atoms with van der Waals surface area (Å²) in [6.07, 6.45) is -2.48. The van der Waals surface area contributed by atoms with E-state index in [1.165, 1.54) is 46.2 Å². The van der Waals surface area contributed by atoms with Crippen LogP contribution in [0.4, 0.5) is 24.5 Å². The zero-order chi connectivity index (χ0) is 90.4. The van der Waals surface area contributed by atoms with E-state index in [0.29, 0.717) is 140 Å². The Morgan fingerprint density at radius 3 is 1.39 bits per heavy atom. The van der Waals surface area contributed by atoms with E-state index in [1.54, 1.807) is 110 Å². The Hall–Kier alpha value is -14.4. The largest absolute Gasteiger partial charge is 0.497 e. The average Bonchev–Trinajstić information content (AvgIpc) is 1.61. The number of likely N-dealkylation sites (tertiary alicyclic amines) is 3. The van der Waals surface area contributed by atoms with Crippen molar-refractivity contribution in [2.75, 3.05) is 50.5 Å². The smallest absolute Gasteiger partial charge is 0.416 e.